The minimum absolute atomic E-state index is 0.125. The highest BCUT2D eigenvalue weighted by molar-refractivity contribution is 5.92. The van der Waals surface area contributed by atoms with Crippen LogP contribution in [0.15, 0.2) is 42.5 Å². The van der Waals surface area contributed by atoms with E-state index in [9.17, 15) is 9.59 Å². The Morgan fingerprint density at radius 1 is 0.960 bits per heavy atom. The van der Waals surface area contributed by atoms with Gasteiger partial charge in [0.05, 0.1) is 0 Å². The van der Waals surface area contributed by atoms with Gasteiger partial charge in [0.25, 0.3) is 0 Å². The predicted molar refractivity (Wildman–Crippen MR) is 98.0 cm³/mol. The molecule has 0 fully saturated rings. The van der Waals surface area contributed by atoms with Crippen molar-refractivity contribution in [1.82, 2.24) is 0 Å². The van der Waals surface area contributed by atoms with Gasteiger partial charge in [-0.25, -0.2) is 4.79 Å². The zero-order valence-electron chi connectivity index (χ0n) is 16.0. The molecule has 0 amide bonds. The standard InChI is InChI=1S/C20H29NO4/c1-13(17(22)24-19(2,3)4)15(14-11-9-8-10-12-14)16(21)18(23)25-20(5,6)7/h8-12,15-16H,1,21H2,2-7H3/t15-,16-/m1/s1. The molecule has 0 saturated heterocycles. The molecule has 0 aliphatic rings. The van der Waals surface area contributed by atoms with Gasteiger partial charge in [-0.1, -0.05) is 36.9 Å². The van der Waals surface area contributed by atoms with Gasteiger partial charge >= 0.3 is 11.9 Å². The number of carbonyl (C=O) groups is 2. The third-order valence-corrected chi connectivity index (χ3v) is 3.23. The summed E-state index contributed by atoms with van der Waals surface area (Å²) in [6.07, 6.45) is 0. The molecule has 0 aliphatic carbocycles. The summed E-state index contributed by atoms with van der Waals surface area (Å²) in [7, 11) is 0. The van der Waals surface area contributed by atoms with Gasteiger partial charge in [-0.15, -0.1) is 0 Å². The first-order valence-electron chi connectivity index (χ1n) is 8.27. The number of carbonyl (C=O) groups excluding carboxylic acids is 2. The fourth-order valence-electron chi connectivity index (χ4n) is 2.26. The number of hydrogen-bond donors (Lipinski definition) is 1. The normalized spacial score (nSPS) is 14.4. The summed E-state index contributed by atoms with van der Waals surface area (Å²) < 4.78 is 10.8. The number of nitrogens with two attached hydrogens (primary N) is 1. The van der Waals surface area contributed by atoms with Crippen LogP contribution >= 0.6 is 0 Å². The van der Waals surface area contributed by atoms with Crippen molar-refractivity contribution < 1.29 is 19.1 Å². The van der Waals surface area contributed by atoms with E-state index >= 15 is 0 Å². The lowest BCUT2D eigenvalue weighted by atomic mass is 9.85. The van der Waals surface area contributed by atoms with Crippen molar-refractivity contribution in [2.45, 2.75) is 64.7 Å². The molecule has 1 aromatic rings. The molecule has 0 spiro atoms. The van der Waals surface area contributed by atoms with Crippen molar-refractivity contribution >= 4 is 11.9 Å². The maximum Gasteiger partial charge on any atom is 0.334 e. The van der Waals surface area contributed by atoms with Gasteiger partial charge in [0, 0.05) is 11.5 Å². The average molecular weight is 347 g/mol. The van der Waals surface area contributed by atoms with E-state index in [1.807, 2.05) is 18.2 Å². The largest absolute Gasteiger partial charge is 0.459 e. The van der Waals surface area contributed by atoms with Crippen LogP contribution < -0.4 is 5.73 Å². The maximum absolute atomic E-state index is 12.5. The van der Waals surface area contributed by atoms with E-state index in [4.69, 9.17) is 15.2 Å². The van der Waals surface area contributed by atoms with E-state index in [0.717, 1.165) is 0 Å². The number of esters is 2. The Labute approximate surface area is 150 Å². The van der Waals surface area contributed by atoms with Crippen LogP contribution in [0.1, 0.15) is 53.0 Å². The summed E-state index contributed by atoms with van der Waals surface area (Å²) in [6.45, 7) is 14.4. The van der Waals surface area contributed by atoms with Crippen molar-refractivity contribution in [3.63, 3.8) is 0 Å². The molecule has 0 aliphatic heterocycles. The first-order chi connectivity index (χ1) is 11.3. The zero-order chi connectivity index (χ0) is 19.4. The molecule has 138 valence electrons. The molecule has 0 unspecified atom stereocenters. The Bertz CT molecular complexity index is 623. The molecule has 0 aromatic heterocycles. The van der Waals surface area contributed by atoms with Gasteiger partial charge in [0.2, 0.25) is 0 Å². The molecule has 5 heteroatoms. The number of benzene rings is 1. The van der Waals surface area contributed by atoms with Gasteiger partial charge < -0.3 is 15.2 Å². The maximum atomic E-state index is 12.5. The molecular weight excluding hydrogens is 318 g/mol. The van der Waals surface area contributed by atoms with Gasteiger partial charge in [-0.05, 0) is 47.1 Å². The van der Waals surface area contributed by atoms with E-state index in [2.05, 4.69) is 6.58 Å². The third-order valence-electron chi connectivity index (χ3n) is 3.23. The molecular formula is C20H29NO4. The van der Waals surface area contributed by atoms with Crippen LogP contribution in [-0.4, -0.2) is 29.2 Å². The summed E-state index contributed by atoms with van der Waals surface area (Å²) in [6, 6.07) is 7.99. The van der Waals surface area contributed by atoms with E-state index in [1.54, 1.807) is 53.7 Å². The molecule has 1 aromatic carbocycles. The Morgan fingerprint density at radius 3 is 1.88 bits per heavy atom. The quantitative estimate of drug-likeness (QED) is 0.653. The Morgan fingerprint density at radius 2 is 1.44 bits per heavy atom. The number of hydrogen-bond acceptors (Lipinski definition) is 5. The summed E-state index contributed by atoms with van der Waals surface area (Å²) in [4.78, 5) is 24.9. The fraction of sp³-hybridized carbons (Fsp3) is 0.500. The molecule has 0 saturated carbocycles. The van der Waals surface area contributed by atoms with Gasteiger partial charge in [-0.3, -0.25) is 4.79 Å². The summed E-state index contributed by atoms with van der Waals surface area (Å²) >= 11 is 0. The minimum Gasteiger partial charge on any atom is -0.459 e. The van der Waals surface area contributed by atoms with Gasteiger partial charge in [0.15, 0.2) is 0 Å². The van der Waals surface area contributed by atoms with Crippen LogP contribution in [0.5, 0.6) is 0 Å². The molecule has 2 atom stereocenters. The number of ether oxygens (including phenoxy) is 2. The lowest BCUT2D eigenvalue weighted by Crippen LogP contribution is -2.43. The lowest BCUT2D eigenvalue weighted by Gasteiger charge is -2.29. The highest BCUT2D eigenvalue weighted by Crippen LogP contribution is 2.29. The smallest absolute Gasteiger partial charge is 0.334 e. The second-order valence-electron chi connectivity index (χ2n) is 7.97. The van der Waals surface area contributed by atoms with E-state index in [0.29, 0.717) is 5.56 Å². The van der Waals surface area contributed by atoms with Crippen LogP contribution in [0.3, 0.4) is 0 Å². The third kappa shape index (κ3) is 6.70. The lowest BCUT2D eigenvalue weighted by molar-refractivity contribution is -0.157. The van der Waals surface area contributed by atoms with Crippen molar-refractivity contribution in [3.05, 3.63) is 48.0 Å². The Balaban J connectivity index is 3.16. The monoisotopic (exact) mass is 347 g/mol. The summed E-state index contributed by atoms with van der Waals surface area (Å²) in [5.74, 6) is -1.91. The van der Waals surface area contributed by atoms with Crippen LogP contribution in [-0.2, 0) is 19.1 Å². The highest BCUT2D eigenvalue weighted by atomic mass is 16.6. The molecule has 0 bridgehead atoms. The molecule has 5 nitrogen and oxygen atoms in total. The first kappa shape index (κ1) is 20.9. The van der Waals surface area contributed by atoms with Crippen LogP contribution in [0.25, 0.3) is 0 Å². The fourth-order valence-corrected chi connectivity index (χ4v) is 2.26. The van der Waals surface area contributed by atoms with Crippen LogP contribution in [0, 0.1) is 0 Å². The van der Waals surface area contributed by atoms with Gasteiger partial charge in [-0.2, -0.15) is 0 Å². The zero-order valence-corrected chi connectivity index (χ0v) is 16.0. The van der Waals surface area contributed by atoms with Crippen molar-refractivity contribution in [2.75, 3.05) is 0 Å². The average Bonchev–Trinajstić information content (AvgIpc) is 2.44. The minimum atomic E-state index is -1.07. The van der Waals surface area contributed by atoms with Crippen molar-refractivity contribution in [3.8, 4) is 0 Å². The second kappa shape index (κ2) is 7.83. The predicted octanol–water partition coefficient (Wildman–Crippen LogP) is 3.34. The van der Waals surface area contributed by atoms with Gasteiger partial charge in [0.1, 0.15) is 17.2 Å². The Kier molecular flexibility index (Phi) is 6.54. The second-order valence-corrected chi connectivity index (χ2v) is 7.97. The van der Waals surface area contributed by atoms with Crippen molar-refractivity contribution in [1.29, 1.82) is 0 Å². The SMILES string of the molecule is C=C(C(=O)OC(C)(C)C)[C@H](c1ccccc1)[C@@H](N)C(=O)OC(C)(C)C. The highest BCUT2D eigenvalue weighted by Gasteiger charge is 2.35. The van der Waals surface area contributed by atoms with E-state index in [1.165, 1.54) is 0 Å². The molecule has 0 heterocycles. The van der Waals surface area contributed by atoms with E-state index in [-0.39, 0.29) is 5.57 Å². The van der Waals surface area contributed by atoms with Crippen molar-refractivity contribution in [2.24, 2.45) is 5.73 Å². The van der Waals surface area contributed by atoms with Crippen LogP contribution in [0.2, 0.25) is 0 Å². The summed E-state index contributed by atoms with van der Waals surface area (Å²) in [5, 5.41) is 0. The molecule has 2 N–H and O–H groups in total. The molecule has 0 radical (unpaired) electrons. The van der Waals surface area contributed by atoms with E-state index < -0.39 is 35.1 Å². The molecule has 1 rings (SSSR count). The Hall–Kier alpha value is -2.14. The molecule has 25 heavy (non-hydrogen) atoms. The van der Waals surface area contributed by atoms with Crippen LogP contribution in [0.4, 0.5) is 0 Å². The summed E-state index contributed by atoms with van der Waals surface area (Å²) in [5.41, 5.74) is 5.64. The topological polar surface area (TPSA) is 78.6 Å². The first-order valence-corrected chi connectivity index (χ1v) is 8.27. The number of rotatable bonds is 5.